The van der Waals surface area contributed by atoms with Crippen molar-refractivity contribution in [3.8, 4) is 0 Å². The number of carbonyl (C=O) groups excluding carboxylic acids is 2. The summed E-state index contributed by atoms with van der Waals surface area (Å²) in [6.45, 7) is 8.17. The molecule has 0 unspecified atom stereocenters. The Hall–Kier alpha value is -1.95. The zero-order valence-electron chi connectivity index (χ0n) is 19.8. The van der Waals surface area contributed by atoms with Crippen LogP contribution in [-0.4, -0.2) is 52.0 Å². The third-order valence-electron chi connectivity index (χ3n) is 8.80. The first-order chi connectivity index (χ1) is 15.3. The number of pyridine rings is 1. The van der Waals surface area contributed by atoms with E-state index in [4.69, 9.17) is 0 Å². The summed E-state index contributed by atoms with van der Waals surface area (Å²) in [7, 11) is 0. The van der Waals surface area contributed by atoms with Gasteiger partial charge in [0, 0.05) is 31.2 Å². The number of nitrogens with one attached hydrogen (secondary N) is 1. The van der Waals surface area contributed by atoms with Crippen molar-refractivity contribution in [1.82, 2.24) is 15.2 Å². The fourth-order valence-corrected chi connectivity index (χ4v) is 6.82. The molecule has 3 aliphatic rings. The van der Waals surface area contributed by atoms with Crippen LogP contribution < -0.4 is 5.32 Å². The van der Waals surface area contributed by atoms with Crippen LogP contribution in [0.1, 0.15) is 76.2 Å². The van der Waals surface area contributed by atoms with Crippen molar-refractivity contribution in [3.63, 3.8) is 0 Å². The van der Waals surface area contributed by atoms with Crippen molar-refractivity contribution in [2.45, 2.75) is 77.9 Å². The minimum absolute atomic E-state index is 0.00378. The molecule has 0 radical (unpaired) electrons. The molecule has 0 aromatic carbocycles. The number of aliphatic hydroxyl groups excluding tert-OH is 1. The number of aliphatic hydroxyl groups is 1. The van der Waals surface area contributed by atoms with E-state index in [1.54, 1.807) is 18.3 Å². The van der Waals surface area contributed by atoms with Gasteiger partial charge in [-0.2, -0.15) is 0 Å². The van der Waals surface area contributed by atoms with Crippen molar-refractivity contribution in [3.05, 3.63) is 30.1 Å². The summed E-state index contributed by atoms with van der Waals surface area (Å²) in [6.07, 6.45) is 8.29. The van der Waals surface area contributed by atoms with E-state index >= 15 is 0 Å². The standard InChI is InChI=1S/C26H39N3O3/c1-17(25(32)29-15-7-4-8-16-29)19-10-12-26(3)13-11-20(18(2)22(26)23(19)30)28-24(31)21-9-5-6-14-27-21/h5-6,9,14,17-20,22-23,30H,4,7-8,10-13,15-16H2,1-3H3,(H,28,31)/t17-,18+,19+,20-,22+,23-,26-/m0/s1. The van der Waals surface area contributed by atoms with Crippen LogP contribution in [0, 0.1) is 29.1 Å². The maximum Gasteiger partial charge on any atom is 0.270 e. The zero-order chi connectivity index (χ0) is 22.9. The number of hydrogen-bond donors (Lipinski definition) is 2. The maximum absolute atomic E-state index is 13.2. The van der Waals surface area contributed by atoms with Gasteiger partial charge < -0.3 is 15.3 Å². The summed E-state index contributed by atoms with van der Waals surface area (Å²) in [5.41, 5.74) is 0.478. The number of aromatic nitrogens is 1. The molecule has 2 saturated carbocycles. The molecule has 3 fully saturated rings. The van der Waals surface area contributed by atoms with Gasteiger partial charge in [-0.1, -0.05) is 26.8 Å². The molecule has 2 aliphatic carbocycles. The Labute approximate surface area is 192 Å². The van der Waals surface area contributed by atoms with Gasteiger partial charge in [0.1, 0.15) is 5.69 Å². The van der Waals surface area contributed by atoms with Crippen LogP contribution in [0.2, 0.25) is 0 Å². The van der Waals surface area contributed by atoms with Crippen molar-refractivity contribution in [2.24, 2.45) is 29.1 Å². The van der Waals surface area contributed by atoms with Gasteiger partial charge in [-0.3, -0.25) is 14.6 Å². The molecule has 4 rings (SSSR count). The van der Waals surface area contributed by atoms with Gasteiger partial charge in [0.15, 0.2) is 0 Å². The minimum Gasteiger partial charge on any atom is -0.392 e. The Morgan fingerprint density at radius 1 is 1.19 bits per heavy atom. The maximum atomic E-state index is 13.2. The molecule has 32 heavy (non-hydrogen) atoms. The summed E-state index contributed by atoms with van der Waals surface area (Å²) in [5.74, 6) is 0.0815. The van der Waals surface area contributed by atoms with Gasteiger partial charge in [0.2, 0.25) is 5.91 Å². The van der Waals surface area contributed by atoms with E-state index in [1.807, 2.05) is 17.9 Å². The molecule has 1 aliphatic heterocycles. The third kappa shape index (κ3) is 4.43. The second-order valence-electron chi connectivity index (χ2n) is 10.7. The number of nitrogens with zero attached hydrogens (tertiary/aromatic N) is 2. The molecule has 1 aromatic heterocycles. The molecule has 2 amide bonds. The molecule has 2 heterocycles. The summed E-state index contributed by atoms with van der Waals surface area (Å²) in [5, 5.41) is 14.8. The van der Waals surface area contributed by atoms with Crippen LogP contribution in [0.4, 0.5) is 0 Å². The summed E-state index contributed by atoms with van der Waals surface area (Å²) < 4.78 is 0. The zero-order valence-corrected chi connectivity index (χ0v) is 19.8. The largest absolute Gasteiger partial charge is 0.392 e. The van der Waals surface area contributed by atoms with Crippen molar-refractivity contribution in [2.75, 3.05) is 13.1 Å². The first kappa shape index (κ1) is 23.2. The first-order valence-corrected chi connectivity index (χ1v) is 12.5. The average molecular weight is 442 g/mol. The Balaban J connectivity index is 1.47. The molecular weight excluding hydrogens is 402 g/mol. The van der Waals surface area contributed by atoms with Crippen LogP contribution in [0.15, 0.2) is 24.4 Å². The molecular formula is C26H39N3O3. The van der Waals surface area contributed by atoms with Crippen molar-refractivity contribution in [1.29, 1.82) is 0 Å². The highest BCUT2D eigenvalue weighted by molar-refractivity contribution is 5.92. The lowest BCUT2D eigenvalue weighted by molar-refractivity contribution is -0.150. The van der Waals surface area contributed by atoms with Crippen LogP contribution in [-0.2, 0) is 4.79 Å². The molecule has 1 aromatic rings. The number of piperidine rings is 1. The average Bonchev–Trinajstić information content (AvgIpc) is 2.81. The highest BCUT2D eigenvalue weighted by Crippen LogP contribution is 2.55. The molecule has 2 N–H and O–H groups in total. The fraction of sp³-hybridized carbons (Fsp3) is 0.731. The van der Waals surface area contributed by atoms with Gasteiger partial charge in [0.25, 0.3) is 5.91 Å². The van der Waals surface area contributed by atoms with Crippen molar-refractivity contribution < 1.29 is 14.7 Å². The van der Waals surface area contributed by atoms with E-state index in [0.29, 0.717) is 5.69 Å². The molecule has 6 heteroatoms. The van der Waals surface area contributed by atoms with Gasteiger partial charge in [-0.15, -0.1) is 0 Å². The number of likely N-dealkylation sites (tertiary alicyclic amines) is 1. The number of amides is 2. The topological polar surface area (TPSA) is 82.5 Å². The molecule has 0 bridgehead atoms. The van der Waals surface area contributed by atoms with E-state index in [1.165, 1.54) is 6.42 Å². The Bertz CT molecular complexity index is 810. The fourth-order valence-electron chi connectivity index (χ4n) is 6.82. The highest BCUT2D eigenvalue weighted by atomic mass is 16.3. The SMILES string of the molecule is C[C@H]1[C@@H]2[C@@H](O)[C@@H]([C@H](C)C(=O)N3CCCCC3)CC[C@@]2(C)CC[C@@H]1NC(=O)c1ccccn1. The second-order valence-corrected chi connectivity index (χ2v) is 10.7. The molecule has 6 nitrogen and oxygen atoms in total. The van der Waals surface area contributed by atoms with Crippen LogP contribution in [0.25, 0.3) is 0 Å². The summed E-state index contributed by atoms with van der Waals surface area (Å²) in [4.78, 5) is 32.1. The van der Waals surface area contributed by atoms with Gasteiger partial charge in [-0.05, 0) is 80.2 Å². The van der Waals surface area contributed by atoms with Gasteiger partial charge in [-0.25, -0.2) is 0 Å². The second kappa shape index (κ2) is 9.50. The van der Waals surface area contributed by atoms with E-state index in [9.17, 15) is 14.7 Å². The predicted octanol–water partition coefficient (Wildman–Crippen LogP) is 3.65. The lowest BCUT2D eigenvalue weighted by atomic mass is 9.51. The number of fused-ring (bicyclic) bond motifs is 1. The van der Waals surface area contributed by atoms with Gasteiger partial charge >= 0.3 is 0 Å². The van der Waals surface area contributed by atoms with Crippen molar-refractivity contribution >= 4 is 11.8 Å². The number of rotatable bonds is 4. The quantitative estimate of drug-likeness (QED) is 0.747. The molecule has 7 atom stereocenters. The van der Waals surface area contributed by atoms with E-state index < -0.39 is 6.10 Å². The minimum atomic E-state index is -0.526. The number of carbonyl (C=O) groups is 2. The summed E-state index contributed by atoms with van der Waals surface area (Å²) >= 11 is 0. The molecule has 1 saturated heterocycles. The van der Waals surface area contributed by atoms with Crippen LogP contribution in [0.5, 0.6) is 0 Å². The first-order valence-electron chi connectivity index (χ1n) is 12.5. The van der Waals surface area contributed by atoms with E-state index in [-0.39, 0.29) is 46.9 Å². The third-order valence-corrected chi connectivity index (χ3v) is 8.80. The Morgan fingerprint density at radius 2 is 1.91 bits per heavy atom. The molecule has 176 valence electrons. The van der Waals surface area contributed by atoms with E-state index in [0.717, 1.165) is 51.6 Å². The normalized spacial score (nSPS) is 36.1. The Kier molecular flexibility index (Phi) is 6.89. The van der Waals surface area contributed by atoms with Crippen LogP contribution >= 0.6 is 0 Å². The highest BCUT2D eigenvalue weighted by Gasteiger charge is 2.54. The predicted molar refractivity (Wildman–Crippen MR) is 124 cm³/mol. The Morgan fingerprint density at radius 3 is 2.59 bits per heavy atom. The molecule has 0 spiro atoms. The van der Waals surface area contributed by atoms with E-state index in [2.05, 4.69) is 24.1 Å². The number of hydrogen-bond acceptors (Lipinski definition) is 4. The smallest absolute Gasteiger partial charge is 0.270 e. The lowest BCUT2D eigenvalue weighted by Crippen LogP contribution is -2.58. The van der Waals surface area contributed by atoms with Gasteiger partial charge in [0.05, 0.1) is 6.10 Å². The van der Waals surface area contributed by atoms with Crippen LogP contribution in [0.3, 0.4) is 0 Å². The lowest BCUT2D eigenvalue weighted by Gasteiger charge is -2.56. The monoisotopic (exact) mass is 441 g/mol. The summed E-state index contributed by atoms with van der Waals surface area (Å²) in [6, 6.07) is 5.35.